The summed E-state index contributed by atoms with van der Waals surface area (Å²) in [4.78, 5) is 18.4. The highest BCUT2D eigenvalue weighted by Gasteiger charge is 2.25. The molecule has 1 fully saturated rings. The number of piperidine rings is 1. The molecular weight excluding hydrogens is 370 g/mol. The summed E-state index contributed by atoms with van der Waals surface area (Å²) in [5.74, 6) is -1.20. The van der Waals surface area contributed by atoms with Gasteiger partial charge in [0.2, 0.25) is 5.91 Å². The standard InChI is InChI=1S/C20H18F2N2O2S/c21-14-11-16(22)19-17(12-14)27-20(23-19)26-15-6-8-24(9-7-15)18(25)10-13-4-2-1-3-5-13/h1-5,11-12,15H,6-10H2. The first-order chi connectivity index (χ1) is 13.1. The van der Waals surface area contributed by atoms with Crippen LogP contribution in [0, 0.1) is 11.6 Å². The van der Waals surface area contributed by atoms with Crippen molar-refractivity contribution in [2.45, 2.75) is 25.4 Å². The van der Waals surface area contributed by atoms with E-state index in [9.17, 15) is 13.6 Å². The lowest BCUT2D eigenvalue weighted by molar-refractivity contribution is -0.132. The number of aromatic nitrogens is 1. The van der Waals surface area contributed by atoms with Crippen LogP contribution in [0.5, 0.6) is 5.19 Å². The molecule has 1 aromatic heterocycles. The molecule has 0 bridgehead atoms. The van der Waals surface area contributed by atoms with Crippen molar-refractivity contribution in [2.75, 3.05) is 13.1 Å². The van der Waals surface area contributed by atoms with E-state index in [-0.39, 0.29) is 17.5 Å². The number of hydrogen-bond acceptors (Lipinski definition) is 4. The van der Waals surface area contributed by atoms with E-state index in [0.717, 1.165) is 23.0 Å². The van der Waals surface area contributed by atoms with Gasteiger partial charge in [0.1, 0.15) is 17.4 Å². The molecule has 4 nitrogen and oxygen atoms in total. The van der Waals surface area contributed by atoms with Crippen molar-refractivity contribution in [3.05, 3.63) is 59.7 Å². The molecule has 1 saturated heterocycles. The molecule has 0 spiro atoms. The topological polar surface area (TPSA) is 42.4 Å². The largest absolute Gasteiger partial charge is 0.467 e. The average Bonchev–Trinajstić information content (AvgIpc) is 3.06. The summed E-state index contributed by atoms with van der Waals surface area (Å²) < 4.78 is 33.4. The number of rotatable bonds is 4. The molecule has 7 heteroatoms. The number of amides is 1. The van der Waals surface area contributed by atoms with Gasteiger partial charge in [0.05, 0.1) is 11.1 Å². The highest BCUT2D eigenvalue weighted by Crippen LogP contribution is 2.32. The Bertz CT molecular complexity index is 953. The minimum Gasteiger partial charge on any atom is -0.467 e. The van der Waals surface area contributed by atoms with Crippen LogP contribution in [0.2, 0.25) is 0 Å². The van der Waals surface area contributed by atoms with Crippen molar-refractivity contribution in [3.63, 3.8) is 0 Å². The molecule has 0 radical (unpaired) electrons. The van der Waals surface area contributed by atoms with Gasteiger partial charge in [-0.15, -0.1) is 0 Å². The Kier molecular flexibility index (Phi) is 5.03. The molecule has 2 heterocycles. The summed E-state index contributed by atoms with van der Waals surface area (Å²) in [5.41, 5.74) is 1.14. The van der Waals surface area contributed by atoms with E-state index in [2.05, 4.69) is 4.98 Å². The number of halogens is 2. The van der Waals surface area contributed by atoms with Gasteiger partial charge in [-0.1, -0.05) is 41.7 Å². The van der Waals surface area contributed by atoms with Crippen LogP contribution in [0.15, 0.2) is 42.5 Å². The van der Waals surface area contributed by atoms with Gasteiger partial charge < -0.3 is 9.64 Å². The summed E-state index contributed by atoms with van der Waals surface area (Å²) in [6, 6.07) is 11.8. The summed E-state index contributed by atoms with van der Waals surface area (Å²) >= 11 is 1.13. The molecule has 1 aliphatic heterocycles. The Labute approximate surface area is 159 Å². The third kappa shape index (κ3) is 4.08. The molecule has 1 aliphatic rings. The van der Waals surface area contributed by atoms with Crippen LogP contribution >= 0.6 is 11.3 Å². The van der Waals surface area contributed by atoms with Gasteiger partial charge in [-0.3, -0.25) is 4.79 Å². The van der Waals surface area contributed by atoms with Gasteiger partial charge in [0.15, 0.2) is 5.82 Å². The van der Waals surface area contributed by atoms with Crippen molar-refractivity contribution in [1.82, 2.24) is 9.88 Å². The van der Waals surface area contributed by atoms with Gasteiger partial charge >= 0.3 is 0 Å². The fourth-order valence-electron chi connectivity index (χ4n) is 3.24. The van der Waals surface area contributed by atoms with Crippen molar-refractivity contribution in [2.24, 2.45) is 0 Å². The molecule has 3 aromatic rings. The number of carbonyl (C=O) groups is 1. The van der Waals surface area contributed by atoms with Gasteiger partial charge in [0.25, 0.3) is 5.19 Å². The molecule has 0 saturated carbocycles. The van der Waals surface area contributed by atoms with Crippen LogP contribution in [0.3, 0.4) is 0 Å². The lowest BCUT2D eigenvalue weighted by Crippen LogP contribution is -2.42. The number of benzene rings is 2. The number of likely N-dealkylation sites (tertiary alicyclic amines) is 1. The fraction of sp³-hybridized carbons (Fsp3) is 0.300. The molecule has 1 amide bonds. The maximum Gasteiger partial charge on any atom is 0.274 e. The first-order valence-corrected chi connectivity index (χ1v) is 9.64. The zero-order valence-corrected chi connectivity index (χ0v) is 15.3. The number of fused-ring (bicyclic) bond motifs is 1. The SMILES string of the molecule is O=C(Cc1ccccc1)N1CCC(Oc2nc3c(F)cc(F)cc3s2)CC1. The second-order valence-corrected chi connectivity index (χ2v) is 7.57. The summed E-state index contributed by atoms with van der Waals surface area (Å²) in [6.45, 7) is 1.23. The highest BCUT2D eigenvalue weighted by molar-refractivity contribution is 7.20. The summed E-state index contributed by atoms with van der Waals surface area (Å²) in [5, 5.41) is 0.337. The number of ether oxygens (including phenoxy) is 1. The van der Waals surface area contributed by atoms with Gasteiger partial charge in [-0.05, 0) is 11.6 Å². The van der Waals surface area contributed by atoms with Gasteiger partial charge in [-0.25, -0.2) is 8.78 Å². The molecule has 4 rings (SSSR count). The van der Waals surface area contributed by atoms with E-state index in [1.165, 1.54) is 6.07 Å². The maximum absolute atomic E-state index is 13.8. The summed E-state index contributed by atoms with van der Waals surface area (Å²) in [7, 11) is 0. The molecule has 2 aromatic carbocycles. The number of nitrogens with zero attached hydrogens (tertiary/aromatic N) is 2. The van der Waals surface area contributed by atoms with Gasteiger partial charge in [-0.2, -0.15) is 4.98 Å². The van der Waals surface area contributed by atoms with Crippen molar-refractivity contribution in [1.29, 1.82) is 0 Å². The Morgan fingerprint density at radius 1 is 1.19 bits per heavy atom. The van der Waals surface area contributed by atoms with Crippen molar-refractivity contribution >= 4 is 27.5 Å². The minimum absolute atomic E-state index is 0.0840. The van der Waals surface area contributed by atoms with Crippen molar-refractivity contribution < 1.29 is 18.3 Å². The molecule has 0 atom stereocenters. The first-order valence-electron chi connectivity index (χ1n) is 8.82. The Hall–Kier alpha value is -2.54. The highest BCUT2D eigenvalue weighted by atomic mass is 32.1. The zero-order valence-electron chi connectivity index (χ0n) is 14.5. The summed E-state index contributed by atoms with van der Waals surface area (Å²) in [6.07, 6.45) is 1.69. The van der Waals surface area contributed by atoms with E-state index in [4.69, 9.17) is 4.74 Å². The van der Waals surface area contributed by atoms with Crippen LogP contribution in [-0.2, 0) is 11.2 Å². The quantitative estimate of drug-likeness (QED) is 0.673. The predicted molar refractivity (Wildman–Crippen MR) is 99.9 cm³/mol. The smallest absolute Gasteiger partial charge is 0.274 e. The molecule has 0 aliphatic carbocycles. The van der Waals surface area contributed by atoms with Crippen LogP contribution < -0.4 is 4.74 Å². The molecule has 27 heavy (non-hydrogen) atoms. The third-order valence-corrected chi connectivity index (χ3v) is 5.55. The molecular formula is C20H18F2N2O2S. The monoisotopic (exact) mass is 388 g/mol. The van der Waals surface area contributed by atoms with E-state index in [1.807, 2.05) is 35.2 Å². The lowest BCUT2D eigenvalue weighted by Gasteiger charge is -2.31. The second kappa shape index (κ2) is 7.60. The zero-order chi connectivity index (χ0) is 18.8. The maximum atomic E-state index is 13.8. The van der Waals surface area contributed by atoms with E-state index >= 15 is 0 Å². The average molecular weight is 388 g/mol. The predicted octanol–water partition coefficient (Wildman–Crippen LogP) is 4.19. The molecule has 140 valence electrons. The Morgan fingerprint density at radius 3 is 2.67 bits per heavy atom. The molecule has 0 unspecified atom stereocenters. The Balaban J connectivity index is 1.34. The second-order valence-electron chi connectivity index (χ2n) is 6.57. The van der Waals surface area contributed by atoms with Crippen LogP contribution in [0.4, 0.5) is 8.78 Å². The number of thiazole rings is 1. The van der Waals surface area contributed by atoms with Crippen LogP contribution in [-0.4, -0.2) is 35.0 Å². The van der Waals surface area contributed by atoms with E-state index < -0.39 is 11.6 Å². The number of carbonyl (C=O) groups excluding carboxylic acids is 1. The normalized spacial score (nSPS) is 15.3. The van der Waals surface area contributed by atoms with Crippen LogP contribution in [0.25, 0.3) is 10.2 Å². The first kappa shape index (κ1) is 17.9. The van der Waals surface area contributed by atoms with Crippen LogP contribution in [0.1, 0.15) is 18.4 Å². The van der Waals surface area contributed by atoms with E-state index in [1.54, 1.807) is 0 Å². The van der Waals surface area contributed by atoms with Gasteiger partial charge in [0, 0.05) is 32.0 Å². The van der Waals surface area contributed by atoms with E-state index in [0.29, 0.717) is 42.2 Å². The number of hydrogen-bond donors (Lipinski definition) is 0. The third-order valence-electron chi connectivity index (χ3n) is 4.65. The minimum atomic E-state index is -0.683. The Morgan fingerprint density at radius 2 is 1.93 bits per heavy atom. The van der Waals surface area contributed by atoms with Crippen molar-refractivity contribution in [3.8, 4) is 5.19 Å². The fourth-order valence-corrected chi connectivity index (χ4v) is 4.16. The molecule has 0 N–H and O–H groups in total. The lowest BCUT2D eigenvalue weighted by atomic mass is 10.1.